The van der Waals surface area contributed by atoms with Crippen molar-refractivity contribution in [2.24, 2.45) is 23.7 Å². The summed E-state index contributed by atoms with van der Waals surface area (Å²) in [7, 11) is 1.35. The highest BCUT2D eigenvalue weighted by atomic mass is 79.9. The molecule has 1 saturated carbocycles. The molecule has 2 aliphatic carbocycles. The number of nitrogens with zero attached hydrogens (tertiary/aromatic N) is 3. The van der Waals surface area contributed by atoms with Crippen molar-refractivity contribution >= 4 is 90.2 Å². The largest absolute Gasteiger partial charge is 0.504 e. The number of phenols is 1. The maximum Gasteiger partial charge on any atom is 0.417 e. The summed E-state index contributed by atoms with van der Waals surface area (Å²) in [5, 5.41) is 12.4. The molecule has 3 fully saturated rings. The first-order valence-electron chi connectivity index (χ1n) is 17.1. The van der Waals surface area contributed by atoms with Crippen LogP contribution in [0, 0.1) is 23.7 Å². The van der Waals surface area contributed by atoms with Gasteiger partial charge in [0.15, 0.2) is 17.3 Å². The molecule has 0 radical (unpaired) electrons. The molecule has 56 heavy (non-hydrogen) atoms. The highest BCUT2D eigenvalue weighted by molar-refractivity contribution is 9.10. The summed E-state index contributed by atoms with van der Waals surface area (Å²) in [6.45, 7) is 0. The number of hydrogen-bond acceptors (Lipinski definition) is 8. The number of aromatic nitrogens is 1. The molecule has 3 heterocycles. The Balaban J connectivity index is 1.34. The van der Waals surface area contributed by atoms with Gasteiger partial charge in [0.25, 0.3) is 11.8 Å². The van der Waals surface area contributed by atoms with E-state index in [0.717, 1.165) is 9.37 Å². The second kappa shape index (κ2) is 13.9. The minimum Gasteiger partial charge on any atom is -0.504 e. The number of alkyl halides is 3. The second-order valence-corrected chi connectivity index (χ2v) is 16.6. The molecule has 4 aliphatic rings. The third-order valence-corrected chi connectivity index (χ3v) is 12.8. The first-order valence-corrected chi connectivity index (χ1v) is 19.5. The summed E-state index contributed by atoms with van der Waals surface area (Å²) in [5.74, 6) is -8.12. The van der Waals surface area contributed by atoms with Gasteiger partial charge in [0.05, 0.1) is 46.6 Å². The molecule has 2 aliphatic heterocycles. The zero-order valence-corrected chi connectivity index (χ0v) is 33.5. The Kier molecular flexibility index (Phi) is 9.53. The fourth-order valence-electron chi connectivity index (χ4n) is 8.94. The lowest BCUT2D eigenvalue weighted by Crippen LogP contribution is -2.53. The number of benzene rings is 3. The van der Waals surface area contributed by atoms with Gasteiger partial charge in [0.2, 0.25) is 11.8 Å². The Morgan fingerprint density at radius 3 is 2.27 bits per heavy atom. The van der Waals surface area contributed by atoms with E-state index in [2.05, 4.69) is 42.3 Å². The quantitative estimate of drug-likeness (QED) is 0.145. The van der Waals surface area contributed by atoms with Crippen LogP contribution in [0.5, 0.6) is 11.5 Å². The van der Waals surface area contributed by atoms with Crippen LogP contribution in [0.4, 0.5) is 24.7 Å². The third-order valence-electron chi connectivity index (χ3n) is 11.2. The number of ether oxygens (including phenoxy) is 1. The standard InChI is InChI=1S/C39H27Br2Cl2F3N4O6/c1-56-29-14-20(41)13-26(32(29)51)31-23-10-11-24-30(36(54)49(34(24)52)22-8-4-19(40)5-9-22)25(23)15-27-35(53)50(37(55)38(27,31)17-2-6-21(42)7-3-17)48-33-28(43)12-18(16-47-33)39(44,45)46/h2-10,12-14,16,24-25,27,30-31,51H,11,15H2,1H3,(H,47,48)/t24-,25+,27-,30-,31+,38+/m0/s1. The van der Waals surface area contributed by atoms with Crippen LogP contribution in [0.15, 0.2) is 93.5 Å². The molecule has 8 rings (SSSR count). The third kappa shape index (κ3) is 5.83. The average molecular weight is 935 g/mol. The van der Waals surface area contributed by atoms with Crippen LogP contribution in [0.2, 0.25) is 10.0 Å². The molecule has 2 saturated heterocycles. The van der Waals surface area contributed by atoms with Gasteiger partial charge in [0.1, 0.15) is 0 Å². The molecule has 0 spiro atoms. The molecule has 6 atom stereocenters. The highest BCUT2D eigenvalue weighted by Crippen LogP contribution is 2.65. The second-order valence-electron chi connectivity index (χ2n) is 14.0. The van der Waals surface area contributed by atoms with Crippen molar-refractivity contribution < 1.29 is 42.2 Å². The number of hydrazine groups is 1. The molecular formula is C39H27Br2Cl2F3N4O6. The Hall–Kier alpha value is -4.44. The summed E-state index contributed by atoms with van der Waals surface area (Å²) < 4.78 is 47.2. The lowest BCUT2D eigenvalue weighted by atomic mass is 9.49. The molecule has 17 heteroatoms. The molecule has 10 nitrogen and oxygen atoms in total. The number of phenolic OH excluding ortho intramolecular Hbond substituents is 1. The zero-order chi connectivity index (χ0) is 40.0. The van der Waals surface area contributed by atoms with Gasteiger partial charge in [-0.05, 0) is 78.9 Å². The predicted octanol–water partition coefficient (Wildman–Crippen LogP) is 8.84. The van der Waals surface area contributed by atoms with Gasteiger partial charge < -0.3 is 9.84 Å². The SMILES string of the molecule is COc1cc(Br)cc([C@H]2C3=CC[C@@H]4C(=O)N(c5ccc(Br)cc5)C(=O)[C@@H]4[C@@H]3C[C@H]3C(=O)N(Nc4ncc(C(F)(F)F)cc4Cl)C(=O)[C@@]23c2ccc(Cl)cc2)c1O. The van der Waals surface area contributed by atoms with E-state index in [1.807, 2.05) is 6.08 Å². The predicted molar refractivity (Wildman–Crippen MR) is 206 cm³/mol. The Morgan fingerprint density at radius 2 is 1.62 bits per heavy atom. The van der Waals surface area contributed by atoms with Crippen molar-refractivity contribution in [2.45, 2.75) is 30.4 Å². The van der Waals surface area contributed by atoms with E-state index in [1.54, 1.807) is 54.6 Å². The van der Waals surface area contributed by atoms with Crippen LogP contribution in [-0.2, 0) is 30.8 Å². The molecule has 3 aromatic carbocycles. The van der Waals surface area contributed by atoms with Crippen LogP contribution in [0.3, 0.4) is 0 Å². The zero-order valence-electron chi connectivity index (χ0n) is 28.8. The number of carbonyl (C=O) groups is 4. The van der Waals surface area contributed by atoms with E-state index in [-0.39, 0.29) is 29.9 Å². The number of aromatic hydroxyl groups is 1. The fourth-order valence-corrected chi connectivity index (χ4v) is 10.00. The maximum absolute atomic E-state index is 15.4. The summed E-state index contributed by atoms with van der Waals surface area (Å²) in [6.07, 6.45) is -2.41. The van der Waals surface area contributed by atoms with Gasteiger partial charge in [-0.1, -0.05) is 78.8 Å². The minimum absolute atomic E-state index is 0.0506. The Morgan fingerprint density at radius 1 is 0.929 bits per heavy atom. The topological polar surface area (TPSA) is 129 Å². The van der Waals surface area contributed by atoms with Crippen molar-refractivity contribution in [2.75, 3.05) is 17.4 Å². The van der Waals surface area contributed by atoms with Crippen molar-refractivity contribution in [3.8, 4) is 11.5 Å². The van der Waals surface area contributed by atoms with Crippen molar-refractivity contribution in [3.63, 3.8) is 0 Å². The van der Waals surface area contributed by atoms with Crippen LogP contribution in [0.25, 0.3) is 0 Å². The van der Waals surface area contributed by atoms with E-state index in [4.69, 9.17) is 27.9 Å². The van der Waals surface area contributed by atoms with Crippen LogP contribution < -0.4 is 15.1 Å². The van der Waals surface area contributed by atoms with E-state index < -0.39 is 81.2 Å². The number of rotatable bonds is 6. The fraction of sp³-hybridized carbons (Fsp3) is 0.256. The Bertz CT molecular complexity index is 2380. The molecule has 4 aromatic rings. The van der Waals surface area contributed by atoms with Crippen molar-refractivity contribution in [3.05, 3.63) is 120 Å². The number of hydrogen-bond donors (Lipinski definition) is 2. The molecule has 288 valence electrons. The van der Waals surface area contributed by atoms with Gasteiger partial charge in [-0.15, -0.1) is 0 Å². The first kappa shape index (κ1) is 38.4. The molecule has 4 amide bonds. The van der Waals surface area contributed by atoms with Crippen LogP contribution >= 0.6 is 55.1 Å². The maximum atomic E-state index is 15.4. The number of halogens is 7. The van der Waals surface area contributed by atoms with E-state index in [9.17, 15) is 32.7 Å². The monoisotopic (exact) mass is 932 g/mol. The lowest BCUT2D eigenvalue weighted by molar-refractivity contribution is -0.139. The number of anilines is 2. The normalized spacial score (nSPS) is 25.9. The number of pyridine rings is 1. The number of methoxy groups -OCH3 is 1. The van der Waals surface area contributed by atoms with Gasteiger partial charge in [0, 0.05) is 31.6 Å². The molecule has 0 bridgehead atoms. The number of amides is 4. The van der Waals surface area contributed by atoms with E-state index in [0.29, 0.717) is 43.6 Å². The highest BCUT2D eigenvalue weighted by Gasteiger charge is 2.71. The van der Waals surface area contributed by atoms with Gasteiger partial charge in [-0.2, -0.15) is 18.2 Å². The average Bonchev–Trinajstić information content (AvgIpc) is 3.54. The minimum atomic E-state index is -4.77. The smallest absolute Gasteiger partial charge is 0.417 e. The van der Waals surface area contributed by atoms with Crippen molar-refractivity contribution in [1.29, 1.82) is 0 Å². The van der Waals surface area contributed by atoms with E-state index >= 15 is 4.79 Å². The van der Waals surface area contributed by atoms with Crippen molar-refractivity contribution in [1.82, 2.24) is 9.99 Å². The number of imide groups is 2. The molecule has 0 unspecified atom stereocenters. The van der Waals surface area contributed by atoms with Gasteiger partial charge in [-0.25, -0.2) is 4.98 Å². The summed E-state index contributed by atoms with van der Waals surface area (Å²) in [4.78, 5) is 63.8. The summed E-state index contributed by atoms with van der Waals surface area (Å²) in [6, 6.07) is 16.8. The van der Waals surface area contributed by atoms with Crippen LogP contribution in [-0.4, -0.2) is 45.8 Å². The molecule has 1 aromatic heterocycles. The van der Waals surface area contributed by atoms with Gasteiger partial charge in [-0.3, -0.25) is 29.5 Å². The number of nitrogens with one attached hydrogen (secondary N) is 1. The number of fused-ring (bicyclic) bond motifs is 4. The summed E-state index contributed by atoms with van der Waals surface area (Å²) >= 11 is 19.5. The van der Waals surface area contributed by atoms with E-state index in [1.165, 1.54) is 13.2 Å². The Labute approximate surface area is 343 Å². The van der Waals surface area contributed by atoms with Gasteiger partial charge >= 0.3 is 6.18 Å². The number of allylic oxidation sites excluding steroid dienone is 2. The van der Waals surface area contributed by atoms with Crippen LogP contribution in [0.1, 0.15) is 35.4 Å². The lowest BCUT2D eigenvalue weighted by Gasteiger charge is -2.50. The summed E-state index contributed by atoms with van der Waals surface area (Å²) in [5.41, 5.74) is 1.02. The molecule has 2 N–H and O–H groups in total. The number of carbonyl (C=O) groups excluding carboxylic acids is 4. The first-order chi connectivity index (χ1) is 26.6. The molecular weight excluding hydrogens is 908 g/mol.